The second-order valence-electron chi connectivity index (χ2n) is 4.18. The number of rotatable bonds is 6. The van der Waals surface area contributed by atoms with E-state index in [0.29, 0.717) is 18.7 Å². The Morgan fingerprint density at radius 2 is 2.00 bits per heavy atom. The average Bonchev–Trinajstić information content (AvgIpc) is 2.98. The summed E-state index contributed by atoms with van der Waals surface area (Å²) in [5.41, 5.74) is 0. The van der Waals surface area contributed by atoms with Crippen LogP contribution in [0.2, 0.25) is 0 Å². The van der Waals surface area contributed by atoms with E-state index in [1.807, 2.05) is 5.38 Å². The lowest BCUT2D eigenvalue weighted by molar-refractivity contribution is 0.414. The summed E-state index contributed by atoms with van der Waals surface area (Å²) in [5, 5.41) is 2.81. The Balaban J connectivity index is 2.07. The van der Waals surface area contributed by atoms with E-state index in [1.165, 1.54) is 15.6 Å². The van der Waals surface area contributed by atoms with Crippen LogP contribution in [0.25, 0.3) is 0 Å². The maximum absolute atomic E-state index is 12.4. The van der Waals surface area contributed by atoms with Crippen LogP contribution in [0.3, 0.4) is 0 Å². The molecular weight excluding hydrogens is 296 g/mol. The Kier molecular flexibility index (Phi) is 4.74. The lowest BCUT2D eigenvalue weighted by atomic mass is 10.3. The van der Waals surface area contributed by atoms with Crippen molar-refractivity contribution in [3.8, 4) is 5.75 Å². The predicted octanol–water partition coefficient (Wildman–Crippen LogP) is 2.01. The summed E-state index contributed by atoms with van der Waals surface area (Å²) in [7, 11) is -0.341. The largest absolute Gasteiger partial charge is 0.497 e. The fourth-order valence-corrected chi connectivity index (χ4v) is 3.46. The van der Waals surface area contributed by atoms with E-state index in [1.54, 1.807) is 44.6 Å². The minimum absolute atomic E-state index is 0.264. The maximum Gasteiger partial charge on any atom is 0.242 e. The number of methoxy groups -OCH3 is 1. The third kappa shape index (κ3) is 3.36. The van der Waals surface area contributed by atoms with Crippen LogP contribution in [0.5, 0.6) is 5.75 Å². The van der Waals surface area contributed by atoms with Crippen LogP contribution in [0, 0.1) is 0 Å². The molecule has 0 aliphatic carbocycles. The summed E-state index contributed by atoms with van der Waals surface area (Å²) in [6.45, 7) is 0.405. The van der Waals surface area contributed by atoms with Crippen molar-refractivity contribution in [2.24, 2.45) is 0 Å². The fourth-order valence-electron chi connectivity index (χ4n) is 1.68. The maximum atomic E-state index is 12.4. The van der Waals surface area contributed by atoms with E-state index in [9.17, 15) is 8.42 Å². The van der Waals surface area contributed by atoms with E-state index in [4.69, 9.17) is 4.74 Å². The quantitative estimate of drug-likeness (QED) is 0.819. The molecule has 1 aromatic carbocycles. The summed E-state index contributed by atoms with van der Waals surface area (Å²) in [6.07, 6.45) is 2.33. The van der Waals surface area contributed by atoms with Gasteiger partial charge in [0.25, 0.3) is 0 Å². The van der Waals surface area contributed by atoms with Gasteiger partial charge in [0.2, 0.25) is 10.0 Å². The van der Waals surface area contributed by atoms with Gasteiger partial charge >= 0.3 is 0 Å². The second-order valence-corrected chi connectivity index (χ2v) is 7.20. The van der Waals surface area contributed by atoms with Gasteiger partial charge in [-0.15, -0.1) is 11.3 Å². The molecule has 0 aliphatic rings. The third-order valence-corrected chi connectivity index (χ3v) is 5.60. The fraction of sp³-hybridized carbons (Fsp3) is 0.308. The normalized spacial score (nSPS) is 11.8. The molecule has 0 amide bonds. The number of sulfonamides is 1. The van der Waals surface area contributed by atoms with Crippen molar-refractivity contribution < 1.29 is 13.2 Å². The molecule has 0 bridgehead atoms. The molecule has 1 heterocycles. The zero-order valence-corrected chi connectivity index (χ0v) is 12.9. The highest BCUT2D eigenvalue weighted by Crippen LogP contribution is 2.19. The lowest BCUT2D eigenvalue weighted by Gasteiger charge is -2.16. The Labute approximate surface area is 122 Å². The topological polar surface area (TPSA) is 59.5 Å². The van der Waals surface area contributed by atoms with E-state index in [-0.39, 0.29) is 4.90 Å². The van der Waals surface area contributed by atoms with Gasteiger partial charge in [0.1, 0.15) is 5.75 Å². The first kappa shape index (κ1) is 15.0. The average molecular weight is 312 g/mol. The van der Waals surface area contributed by atoms with Crippen LogP contribution < -0.4 is 4.74 Å². The summed E-state index contributed by atoms with van der Waals surface area (Å²) in [5.74, 6) is 0.634. The highest BCUT2D eigenvalue weighted by molar-refractivity contribution is 7.89. The molecule has 0 saturated heterocycles. The predicted molar refractivity (Wildman–Crippen MR) is 78.6 cm³/mol. The molecule has 20 heavy (non-hydrogen) atoms. The molecule has 2 aromatic rings. The molecular formula is C13H16N2O3S2. The van der Waals surface area contributed by atoms with Gasteiger partial charge < -0.3 is 4.74 Å². The van der Waals surface area contributed by atoms with Gasteiger partial charge in [0.05, 0.1) is 17.0 Å². The molecule has 0 atom stereocenters. The lowest BCUT2D eigenvalue weighted by Crippen LogP contribution is -2.29. The SMILES string of the molecule is COc1ccc(S(=O)(=O)N(C)CCc2nccs2)cc1. The molecule has 0 fully saturated rings. The van der Waals surface area contributed by atoms with Gasteiger partial charge in [-0.3, -0.25) is 0 Å². The first-order valence-corrected chi connectivity index (χ1v) is 8.35. The molecule has 0 N–H and O–H groups in total. The molecule has 0 spiro atoms. The second kappa shape index (κ2) is 6.34. The van der Waals surface area contributed by atoms with Gasteiger partial charge in [-0.2, -0.15) is 0 Å². The molecule has 0 radical (unpaired) electrons. The minimum atomic E-state index is -3.46. The molecule has 5 nitrogen and oxygen atoms in total. The Morgan fingerprint density at radius 1 is 1.30 bits per heavy atom. The standard InChI is InChI=1S/C13H16N2O3S2/c1-15(9-7-13-14-8-10-19-13)20(16,17)12-5-3-11(18-2)4-6-12/h3-6,8,10H,7,9H2,1-2H3. The van der Waals surface area contributed by atoms with E-state index in [2.05, 4.69) is 4.98 Å². The Morgan fingerprint density at radius 3 is 2.55 bits per heavy atom. The number of hydrogen-bond donors (Lipinski definition) is 0. The number of thiazole rings is 1. The zero-order chi connectivity index (χ0) is 14.6. The van der Waals surface area contributed by atoms with Crippen molar-refractivity contribution in [2.45, 2.75) is 11.3 Å². The van der Waals surface area contributed by atoms with Crippen LogP contribution in [0.15, 0.2) is 40.7 Å². The Bertz CT molecular complexity index is 637. The van der Waals surface area contributed by atoms with Gasteiger partial charge in [-0.05, 0) is 24.3 Å². The summed E-state index contributed by atoms with van der Waals surface area (Å²) in [6, 6.07) is 6.38. The van der Waals surface area contributed by atoms with Crippen molar-refractivity contribution in [3.63, 3.8) is 0 Å². The molecule has 0 saturated carbocycles. The van der Waals surface area contributed by atoms with E-state index in [0.717, 1.165) is 5.01 Å². The molecule has 1 aromatic heterocycles. The van der Waals surface area contributed by atoms with Crippen molar-refractivity contribution in [3.05, 3.63) is 40.8 Å². The number of nitrogens with zero attached hydrogens (tertiary/aromatic N) is 2. The van der Waals surface area contributed by atoms with Gasteiger partial charge in [-0.25, -0.2) is 17.7 Å². The van der Waals surface area contributed by atoms with Gasteiger partial charge in [0, 0.05) is 31.6 Å². The molecule has 7 heteroatoms. The molecule has 108 valence electrons. The third-order valence-electron chi connectivity index (χ3n) is 2.89. The van der Waals surface area contributed by atoms with Crippen LogP contribution in [-0.2, 0) is 16.4 Å². The minimum Gasteiger partial charge on any atom is -0.497 e. The van der Waals surface area contributed by atoms with Crippen molar-refractivity contribution in [1.29, 1.82) is 0 Å². The number of ether oxygens (including phenoxy) is 1. The monoisotopic (exact) mass is 312 g/mol. The number of benzene rings is 1. The first-order chi connectivity index (χ1) is 9.54. The van der Waals surface area contributed by atoms with E-state index < -0.39 is 10.0 Å². The highest BCUT2D eigenvalue weighted by Gasteiger charge is 2.20. The number of aromatic nitrogens is 1. The summed E-state index contributed by atoms with van der Waals surface area (Å²) in [4.78, 5) is 4.41. The summed E-state index contributed by atoms with van der Waals surface area (Å²) >= 11 is 1.53. The zero-order valence-electron chi connectivity index (χ0n) is 11.3. The number of likely N-dealkylation sites (N-methyl/N-ethyl adjacent to an activating group) is 1. The van der Waals surface area contributed by atoms with Crippen LogP contribution in [-0.4, -0.2) is 38.4 Å². The Hall–Kier alpha value is -1.44. The molecule has 0 aliphatic heterocycles. The van der Waals surface area contributed by atoms with Crippen LogP contribution in [0.4, 0.5) is 0 Å². The molecule has 2 rings (SSSR count). The van der Waals surface area contributed by atoms with Gasteiger partial charge in [0.15, 0.2) is 0 Å². The van der Waals surface area contributed by atoms with Gasteiger partial charge in [-0.1, -0.05) is 0 Å². The van der Waals surface area contributed by atoms with Crippen molar-refractivity contribution >= 4 is 21.4 Å². The van der Waals surface area contributed by atoms with Crippen molar-refractivity contribution in [2.75, 3.05) is 20.7 Å². The molecule has 0 unspecified atom stereocenters. The summed E-state index contributed by atoms with van der Waals surface area (Å²) < 4.78 is 31.1. The number of hydrogen-bond acceptors (Lipinski definition) is 5. The smallest absolute Gasteiger partial charge is 0.242 e. The van der Waals surface area contributed by atoms with Crippen LogP contribution >= 0.6 is 11.3 Å². The van der Waals surface area contributed by atoms with Crippen LogP contribution in [0.1, 0.15) is 5.01 Å². The highest BCUT2D eigenvalue weighted by atomic mass is 32.2. The van der Waals surface area contributed by atoms with Crippen molar-refractivity contribution in [1.82, 2.24) is 9.29 Å². The first-order valence-electron chi connectivity index (χ1n) is 6.03. The van der Waals surface area contributed by atoms with E-state index >= 15 is 0 Å².